The van der Waals surface area contributed by atoms with E-state index < -0.39 is 11.2 Å². The summed E-state index contributed by atoms with van der Waals surface area (Å²) in [6.45, 7) is 6.84. The van der Waals surface area contributed by atoms with Crippen LogP contribution in [0.3, 0.4) is 0 Å². The molecular weight excluding hydrogens is 450 g/mol. The lowest BCUT2D eigenvalue weighted by Crippen LogP contribution is -2.42. The molecule has 8 nitrogen and oxygen atoms in total. The minimum Gasteiger partial charge on any atom is -0.383 e. The molecule has 2 heterocycles. The zero-order chi connectivity index (χ0) is 24.7. The number of amides is 1. The Morgan fingerprint density at radius 3 is 2.50 bits per heavy atom. The molecule has 0 fully saturated rings. The fraction of sp³-hybridized carbons (Fsp3) is 0.440. The van der Waals surface area contributed by atoms with Gasteiger partial charge in [-0.2, -0.15) is 0 Å². The number of rotatable bonds is 11. The second-order valence-corrected chi connectivity index (χ2v) is 9.30. The van der Waals surface area contributed by atoms with E-state index in [1.807, 2.05) is 43.5 Å². The molecule has 0 saturated carbocycles. The number of carbonyl (C=O) groups is 1. The summed E-state index contributed by atoms with van der Waals surface area (Å²) in [4.78, 5) is 46.9. The summed E-state index contributed by atoms with van der Waals surface area (Å²) in [7, 11) is 0. The van der Waals surface area contributed by atoms with Gasteiger partial charge in [-0.15, -0.1) is 11.3 Å². The number of aromatic amines is 1. The first-order valence-electron chi connectivity index (χ1n) is 11.8. The number of H-pyrrole nitrogens is 1. The lowest BCUT2D eigenvalue weighted by Gasteiger charge is -2.24. The van der Waals surface area contributed by atoms with Gasteiger partial charge in [0.05, 0.1) is 12.1 Å². The monoisotopic (exact) mass is 483 g/mol. The number of aromatic nitrogens is 3. The third-order valence-electron chi connectivity index (χ3n) is 5.69. The van der Waals surface area contributed by atoms with Crippen LogP contribution in [0.2, 0.25) is 0 Å². The second kappa shape index (κ2) is 11.8. The van der Waals surface area contributed by atoms with E-state index in [1.165, 1.54) is 26.4 Å². The molecule has 0 aliphatic heterocycles. The average Bonchev–Trinajstić information content (AvgIpc) is 3.26. The summed E-state index contributed by atoms with van der Waals surface area (Å²) in [5.74, 6) is -0.236. The number of benzene rings is 1. The first-order valence-corrected chi connectivity index (χ1v) is 12.7. The van der Waals surface area contributed by atoms with Gasteiger partial charge >= 0.3 is 5.69 Å². The van der Waals surface area contributed by atoms with Gasteiger partial charge in [-0.1, -0.05) is 62.9 Å². The number of unbranched alkanes of at least 4 members (excludes halogenated alkanes) is 3. The Hall–Kier alpha value is -3.20. The molecular formula is C25H33N5O3S. The molecule has 0 saturated heterocycles. The number of nitrogens with two attached hydrogens (primary N) is 1. The van der Waals surface area contributed by atoms with Gasteiger partial charge < -0.3 is 10.6 Å². The predicted molar refractivity (Wildman–Crippen MR) is 139 cm³/mol. The minimum absolute atomic E-state index is 0.0330. The van der Waals surface area contributed by atoms with Crippen LogP contribution < -0.4 is 21.9 Å². The van der Waals surface area contributed by atoms with Crippen LogP contribution in [0, 0.1) is 6.92 Å². The largest absolute Gasteiger partial charge is 0.383 e. The highest BCUT2D eigenvalue weighted by molar-refractivity contribution is 7.13. The average molecular weight is 484 g/mol. The first-order chi connectivity index (χ1) is 16.3. The van der Waals surface area contributed by atoms with Gasteiger partial charge in [-0.05, 0) is 19.8 Å². The van der Waals surface area contributed by atoms with E-state index in [9.17, 15) is 14.4 Å². The summed E-state index contributed by atoms with van der Waals surface area (Å²) >= 11 is 1.48. The van der Waals surface area contributed by atoms with Crippen LogP contribution in [0.5, 0.6) is 0 Å². The van der Waals surface area contributed by atoms with Crippen molar-refractivity contribution in [2.45, 2.75) is 65.8 Å². The van der Waals surface area contributed by atoms with Crippen molar-refractivity contribution >= 4 is 28.7 Å². The number of nitrogens with one attached hydrogen (secondary N) is 1. The van der Waals surface area contributed by atoms with Crippen molar-refractivity contribution in [1.82, 2.24) is 14.5 Å². The third kappa shape index (κ3) is 6.02. The number of nitrogen functional groups attached to an aromatic ring is 1. The smallest absolute Gasteiger partial charge is 0.330 e. The van der Waals surface area contributed by atoms with Crippen molar-refractivity contribution in [3.05, 3.63) is 61.7 Å². The molecule has 1 aromatic carbocycles. The number of aryl methyl sites for hydroxylation is 1. The molecule has 3 aromatic rings. The zero-order valence-corrected chi connectivity index (χ0v) is 20.9. The van der Waals surface area contributed by atoms with Crippen molar-refractivity contribution in [3.8, 4) is 10.6 Å². The first kappa shape index (κ1) is 25.4. The maximum absolute atomic E-state index is 13.4. The normalized spacial score (nSPS) is 11.0. The van der Waals surface area contributed by atoms with Crippen LogP contribution >= 0.6 is 11.3 Å². The molecule has 0 radical (unpaired) electrons. The van der Waals surface area contributed by atoms with Crippen molar-refractivity contribution in [2.75, 3.05) is 17.2 Å². The Kier molecular flexibility index (Phi) is 8.81. The lowest BCUT2D eigenvalue weighted by atomic mass is 10.1. The maximum Gasteiger partial charge on any atom is 0.330 e. The highest BCUT2D eigenvalue weighted by Gasteiger charge is 2.24. The number of anilines is 2. The molecule has 3 N–H and O–H groups in total. The Bertz CT molecular complexity index is 1230. The van der Waals surface area contributed by atoms with Crippen LogP contribution in [0.4, 0.5) is 11.5 Å². The number of nitrogens with zero attached hydrogens (tertiary/aromatic N) is 3. The fourth-order valence-corrected chi connectivity index (χ4v) is 4.55. The number of thiazole rings is 1. The van der Waals surface area contributed by atoms with E-state index in [4.69, 9.17) is 5.73 Å². The molecule has 9 heteroatoms. The van der Waals surface area contributed by atoms with Gasteiger partial charge in [0.1, 0.15) is 10.8 Å². The highest BCUT2D eigenvalue weighted by atomic mass is 32.1. The molecule has 0 aliphatic rings. The Balaban J connectivity index is 1.91. The zero-order valence-electron chi connectivity index (χ0n) is 20.1. The van der Waals surface area contributed by atoms with E-state index in [-0.39, 0.29) is 23.8 Å². The van der Waals surface area contributed by atoms with Crippen LogP contribution in [0.25, 0.3) is 10.6 Å². The van der Waals surface area contributed by atoms with Crippen molar-refractivity contribution in [3.63, 3.8) is 0 Å². The second-order valence-electron chi connectivity index (χ2n) is 8.44. The van der Waals surface area contributed by atoms with E-state index in [2.05, 4.69) is 16.9 Å². The van der Waals surface area contributed by atoms with Crippen LogP contribution in [-0.2, 0) is 17.8 Å². The number of hydrogen-bond donors (Lipinski definition) is 2. The van der Waals surface area contributed by atoms with Crippen molar-refractivity contribution in [1.29, 1.82) is 0 Å². The molecule has 0 bridgehead atoms. The molecule has 34 heavy (non-hydrogen) atoms. The molecule has 0 unspecified atom stereocenters. The fourth-order valence-electron chi connectivity index (χ4n) is 3.72. The van der Waals surface area contributed by atoms with Gasteiger partial charge in [-0.25, -0.2) is 9.78 Å². The maximum atomic E-state index is 13.4. The standard InChI is InChI=1S/C25H33N5O3S/c1-4-6-8-14-29(21-22(26)30(13-7-5-2)25(33)28-23(21)32)20(31)15-19-16-34-24(27-19)18-11-9-17(3)10-12-18/h9-12,16H,4-8,13-15,26H2,1-3H3,(H,28,32,33). The third-order valence-corrected chi connectivity index (χ3v) is 6.63. The van der Waals surface area contributed by atoms with Crippen LogP contribution in [0.1, 0.15) is 57.2 Å². The van der Waals surface area contributed by atoms with Crippen molar-refractivity contribution < 1.29 is 4.79 Å². The minimum atomic E-state index is -0.640. The Morgan fingerprint density at radius 1 is 1.12 bits per heavy atom. The topological polar surface area (TPSA) is 114 Å². The summed E-state index contributed by atoms with van der Waals surface area (Å²) in [5.41, 5.74) is 7.95. The van der Waals surface area contributed by atoms with Gasteiger partial charge in [0.15, 0.2) is 5.69 Å². The SMILES string of the molecule is CCCCCN(C(=O)Cc1csc(-c2ccc(C)cc2)n1)c1c(N)n(CCCC)c(=O)[nH]c1=O. The number of hydrogen-bond acceptors (Lipinski definition) is 6. The van der Waals surface area contributed by atoms with Crippen molar-refractivity contribution in [2.24, 2.45) is 0 Å². The van der Waals surface area contributed by atoms with Crippen LogP contribution in [-0.4, -0.2) is 27.0 Å². The van der Waals surface area contributed by atoms with Gasteiger partial charge in [0.25, 0.3) is 5.56 Å². The van der Waals surface area contributed by atoms with Crippen LogP contribution in [0.15, 0.2) is 39.2 Å². The quantitative estimate of drug-likeness (QED) is 0.398. The van der Waals surface area contributed by atoms with Gasteiger partial charge in [0.2, 0.25) is 5.91 Å². The summed E-state index contributed by atoms with van der Waals surface area (Å²) in [6, 6.07) is 8.08. The number of carbonyl (C=O) groups excluding carboxylic acids is 1. The predicted octanol–water partition coefficient (Wildman–Crippen LogP) is 4.12. The van der Waals surface area contributed by atoms with E-state index in [0.29, 0.717) is 18.8 Å². The Labute approximate surface area is 203 Å². The molecule has 2 aromatic heterocycles. The molecule has 0 spiro atoms. The van der Waals surface area contributed by atoms with E-state index in [0.717, 1.165) is 42.7 Å². The molecule has 0 atom stereocenters. The summed E-state index contributed by atoms with van der Waals surface area (Å²) in [5, 5.41) is 2.71. The summed E-state index contributed by atoms with van der Waals surface area (Å²) < 4.78 is 1.35. The molecule has 182 valence electrons. The van der Waals surface area contributed by atoms with E-state index >= 15 is 0 Å². The molecule has 1 amide bonds. The highest BCUT2D eigenvalue weighted by Crippen LogP contribution is 2.25. The molecule has 3 rings (SSSR count). The lowest BCUT2D eigenvalue weighted by molar-refractivity contribution is -0.118. The molecule has 0 aliphatic carbocycles. The van der Waals surface area contributed by atoms with E-state index in [1.54, 1.807) is 0 Å². The summed E-state index contributed by atoms with van der Waals surface area (Å²) in [6.07, 6.45) is 4.25. The van der Waals surface area contributed by atoms with Gasteiger partial charge in [-0.3, -0.25) is 19.1 Å². The van der Waals surface area contributed by atoms with Gasteiger partial charge in [0, 0.05) is 24.0 Å². The Morgan fingerprint density at radius 2 is 1.82 bits per heavy atom.